The van der Waals surface area contributed by atoms with E-state index in [0.29, 0.717) is 5.92 Å². The summed E-state index contributed by atoms with van der Waals surface area (Å²) in [6, 6.07) is 10.3. The van der Waals surface area contributed by atoms with Crippen molar-refractivity contribution < 1.29 is 4.42 Å². The molecule has 0 radical (unpaired) electrons. The van der Waals surface area contributed by atoms with E-state index in [1.165, 1.54) is 11.8 Å². The topological polar surface area (TPSA) is 55.9 Å². The van der Waals surface area contributed by atoms with E-state index >= 15 is 0 Å². The minimum atomic E-state index is 0.631. The summed E-state index contributed by atoms with van der Waals surface area (Å²) in [5.41, 5.74) is 0.960. The summed E-state index contributed by atoms with van der Waals surface area (Å²) in [5, 5.41) is 13.1. The third-order valence-corrected chi connectivity index (χ3v) is 4.44. The molecule has 3 heterocycles. The number of furan rings is 1. The van der Waals surface area contributed by atoms with Crippen LogP contribution in [0.2, 0.25) is 0 Å². The molecule has 0 fully saturated rings. The van der Waals surface area contributed by atoms with Crippen LogP contribution in [0.1, 0.15) is 23.8 Å². The highest BCUT2D eigenvalue weighted by atomic mass is 16.3. The van der Waals surface area contributed by atoms with E-state index in [1.54, 1.807) is 0 Å². The minimum Gasteiger partial charge on any atom is -0.460 e. The lowest BCUT2D eigenvalue weighted by molar-refractivity contribution is 0.339. The molecule has 1 atom stereocenters. The standard InChI is InChI=1S/C17H20N4O/c1-12-19-20-17-7-6-13(11-21(12)17)9-18-10-15-8-14-4-2-3-5-16(14)22-15/h2-5,8,13,18H,6-7,9-11H2,1H3/t13-/m1/s1. The molecule has 0 aliphatic carbocycles. The van der Waals surface area contributed by atoms with Crippen molar-refractivity contribution in [2.45, 2.75) is 32.9 Å². The number of para-hydroxylation sites is 1. The summed E-state index contributed by atoms with van der Waals surface area (Å²) in [6.45, 7) is 4.81. The summed E-state index contributed by atoms with van der Waals surface area (Å²) in [6.07, 6.45) is 2.20. The van der Waals surface area contributed by atoms with Crippen LogP contribution in [0.3, 0.4) is 0 Å². The Morgan fingerprint density at radius 3 is 3.14 bits per heavy atom. The Kier molecular flexibility index (Phi) is 3.42. The molecule has 1 N–H and O–H groups in total. The first-order valence-corrected chi connectivity index (χ1v) is 7.86. The largest absolute Gasteiger partial charge is 0.460 e. The van der Waals surface area contributed by atoms with Gasteiger partial charge in [-0.1, -0.05) is 18.2 Å². The lowest BCUT2D eigenvalue weighted by Gasteiger charge is -2.24. The first kappa shape index (κ1) is 13.5. The second-order valence-electron chi connectivity index (χ2n) is 6.06. The second-order valence-corrected chi connectivity index (χ2v) is 6.06. The molecule has 3 aromatic rings. The maximum absolute atomic E-state index is 5.83. The number of nitrogens with zero attached hydrogens (tertiary/aromatic N) is 3. The van der Waals surface area contributed by atoms with Crippen LogP contribution in [-0.4, -0.2) is 21.3 Å². The van der Waals surface area contributed by atoms with Gasteiger partial charge in [-0.05, 0) is 31.4 Å². The normalized spacial score (nSPS) is 17.8. The zero-order valence-corrected chi connectivity index (χ0v) is 12.7. The van der Waals surface area contributed by atoms with Crippen molar-refractivity contribution in [1.82, 2.24) is 20.1 Å². The van der Waals surface area contributed by atoms with Gasteiger partial charge in [-0.25, -0.2) is 0 Å². The van der Waals surface area contributed by atoms with E-state index in [-0.39, 0.29) is 0 Å². The van der Waals surface area contributed by atoms with E-state index in [1.807, 2.05) is 25.1 Å². The Morgan fingerprint density at radius 1 is 1.32 bits per heavy atom. The molecule has 22 heavy (non-hydrogen) atoms. The monoisotopic (exact) mass is 296 g/mol. The SMILES string of the molecule is Cc1nnc2n1C[C@@H](CNCc1cc3ccccc3o1)CC2. The smallest absolute Gasteiger partial charge is 0.134 e. The summed E-state index contributed by atoms with van der Waals surface area (Å²) in [7, 11) is 0. The highest BCUT2D eigenvalue weighted by Crippen LogP contribution is 2.20. The zero-order valence-electron chi connectivity index (χ0n) is 12.7. The van der Waals surface area contributed by atoms with Gasteiger partial charge in [0.15, 0.2) is 0 Å². The van der Waals surface area contributed by atoms with E-state index in [2.05, 4.69) is 32.2 Å². The van der Waals surface area contributed by atoms with Gasteiger partial charge in [0, 0.05) is 24.9 Å². The number of hydrogen-bond acceptors (Lipinski definition) is 4. The summed E-state index contributed by atoms with van der Waals surface area (Å²) in [4.78, 5) is 0. The zero-order chi connectivity index (χ0) is 14.9. The van der Waals surface area contributed by atoms with Crippen molar-refractivity contribution in [3.8, 4) is 0 Å². The van der Waals surface area contributed by atoms with Crippen molar-refractivity contribution in [3.63, 3.8) is 0 Å². The molecule has 1 aromatic carbocycles. The number of hydrogen-bond donors (Lipinski definition) is 1. The number of rotatable bonds is 4. The fraction of sp³-hybridized carbons (Fsp3) is 0.412. The molecule has 4 rings (SSSR count). The molecule has 0 bridgehead atoms. The number of aromatic nitrogens is 3. The van der Waals surface area contributed by atoms with Gasteiger partial charge in [0.2, 0.25) is 0 Å². The molecule has 2 aromatic heterocycles. The Hall–Kier alpha value is -2.14. The van der Waals surface area contributed by atoms with E-state index in [4.69, 9.17) is 4.42 Å². The molecular weight excluding hydrogens is 276 g/mol. The third-order valence-electron chi connectivity index (χ3n) is 4.44. The molecule has 1 aliphatic rings. The molecule has 5 nitrogen and oxygen atoms in total. The minimum absolute atomic E-state index is 0.631. The lowest BCUT2D eigenvalue weighted by atomic mass is 9.99. The van der Waals surface area contributed by atoms with Gasteiger partial charge in [-0.15, -0.1) is 10.2 Å². The van der Waals surface area contributed by atoms with Crippen molar-refractivity contribution in [3.05, 3.63) is 47.7 Å². The van der Waals surface area contributed by atoms with Gasteiger partial charge in [-0.3, -0.25) is 0 Å². The van der Waals surface area contributed by atoms with Crippen LogP contribution in [-0.2, 0) is 19.5 Å². The van der Waals surface area contributed by atoms with Gasteiger partial charge in [0.25, 0.3) is 0 Å². The third kappa shape index (κ3) is 2.52. The fourth-order valence-electron chi connectivity index (χ4n) is 3.22. The van der Waals surface area contributed by atoms with Crippen LogP contribution in [0.5, 0.6) is 0 Å². The highest BCUT2D eigenvalue weighted by Gasteiger charge is 2.21. The fourth-order valence-corrected chi connectivity index (χ4v) is 3.22. The Bertz CT molecular complexity index is 756. The van der Waals surface area contributed by atoms with Crippen LogP contribution in [0.4, 0.5) is 0 Å². The summed E-state index contributed by atoms with van der Waals surface area (Å²) in [5.74, 6) is 3.78. The van der Waals surface area contributed by atoms with Crippen molar-refractivity contribution in [2.75, 3.05) is 6.54 Å². The van der Waals surface area contributed by atoms with Gasteiger partial charge in [0.1, 0.15) is 23.0 Å². The Labute approximate surface area is 129 Å². The number of nitrogens with one attached hydrogen (secondary N) is 1. The molecule has 1 aliphatic heterocycles. The summed E-state index contributed by atoms with van der Waals surface area (Å²) >= 11 is 0. The first-order chi connectivity index (χ1) is 10.8. The van der Waals surface area contributed by atoms with Gasteiger partial charge in [0.05, 0.1) is 6.54 Å². The van der Waals surface area contributed by atoms with Crippen LogP contribution < -0.4 is 5.32 Å². The Morgan fingerprint density at radius 2 is 2.23 bits per heavy atom. The Balaban J connectivity index is 1.35. The maximum Gasteiger partial charge on any atom is 0.134 e. The van der Waals surface area contributed by atoms with Crippen LogP contribution in [0.15, 0.2) is 34.7 Å². The average Bonchev–Trinajstić information content (AvgIpc) is 3.11. The van der Waals surface area contributed by atoms with E-state index in [9.17, 15) is 0 Å². The molecular formula is C17H20N4O. The van der Waals surface area contributed by atoms with Crippen molar-refractivity contribution in [1.29, 1.82) is 0 Å². The van der Waals surface area contributed by atoms with Crippen LogP contribution in [0.25, 0.3) is 11.0 Å². The molecule has 0 amide bonds. The molecule has 0 spiro atoms. The van der Waals surface area contributed by atoms with Gasteiger partial charge in [-0.2, -0.15) is 0 Å². The number of benzene rings is 1. The number of aryl methyl sites for hydroxylation is 2. The predicted molar refractivity (Wildman–Crippen MR) is 84.5 cm³/mol. The number of fused-ring (bicyclic) bond motifs is 2. The summed E-state index contributed by atoms with van der Waals surface area (Å²) < 4.78 is 8.08. The molecule has 114 valence electrons. The molecule has 0 unspecified atom stereocenters. The van der Waals surface area contributed by atoms with Gasteiger partial charge < -0.3 is 14.3 Å². The van der Waals surface area contributed by atoms with Crippen LogP contribution in [0, 0.1) is 12.8 Å². The molecule has 0 saturated heterocycles. The first-order valence-electron chi connectivity index (χ1n) is 7.86. The highest BCUT2D eigenvalue weighted by molar-refractivity contribution is 5.77. The van der Waals surface area contributed by atoms with Crippen LogP contribution >= 0.6 is 0 Å². The average molecular weight is 296 g/mol. The second kappa shape index (κ2) is 5.57. The quantitative estimate of drug-likeness (QED) is 0.804. The van der Waals surface area contributed by atoms with Crippen molar-refractivity contribution >= 4 is 11.0 Å². The maximum atomic E-state index is 5.83. The predicted octanol–water partition coefficient (Wildman–Crippen LogP) is 2.68. The molecule has 0 saturated carbocycles. The lowest BCUT2D eigenvalue weighted by Crippen LogP contribution is -2.30. The van der Waals surface area contributed by atoms with E-state index < -0.39 is 0 Å². The molecule has 5 heteroatoms. The van der Waals surface area contributed by atoms with E-state index in [0.717, 1.165) is 49.0 Å². The van der Waals surface area contributed by atoms with Gasteiger partial charge >= 0.3 is 0 Å². The van der Waals surface area contributed by atoms with Crippen molar-refractivity contribution in [2.24, 2.45) is 5.92 Å².